The molecule has 7 heteroatoms. The molecule has 3 rings (SSSR count). The minimum Gasteiger partial charge on any atom is -0.490 e. The van der Waals surface area contributed by atoms with Crippen LogP contribution in [0.25, 0.3) is 0 Å². The van der Waals surface area contributed by atoms with Crippen molar-refractivity contribution < 1.29 is 9.47 Å². The molecule has 0 spiro atoms. The summed E-state index contributed by atoms with van der Waals surface area (Å²) >= 11 is 20.2. The molecule has 3 aromatic rings. The summed E-state index contributed by atoms with van der Waals surface area (Å²) in [6.45, 7) is 4.25. The van der Waals surface area contributed by atoms with Gasteiger partial charge in [-0.25, -0.2) is 0 Å². The van der Waals surface area contributed by atoms with E-state index in [1.54, 1.807) is 29.5 Å². The maximum atomic E-state index is 6.48. The topological polar surface area (TPSA) is 30.5 Å². The van der Waals surface area contributed by atoms with Crippen LogP contribution in [0.4, 0.5) is 0 Å². The van der Waals surface area contributed by atoms with Crippen LogP contribution in [0.15, 0.2) is 47.8 Å². The van der Waals surface area contributed by atoms with Crippen molar-refractivity contribution in [2.45, 2.75) is 26.6 Å². The van der Waals surface area contributed by atoms with Crippen molar-refractivity contribution in [3.8, 4) is 11.5 Å². The highest BCUT2D eigenvalue weighted by molar-refractivity contribution is 7.09. The van der Waals surface area contributed by atoms with Crippen molar-refractivity contribution in [3.05, 3.63) is 78.9 Å². The number of rotatable bonds is 9. The number of hydrogen-bond acceptors (Lipinski definition) is 4. The summed E-state index contributed by atoms with van der Waals surface area (Å²) < 4.78 is 11.7. The van der Waals surface area contributed by atoms with Crippen LogP contribution in [0, 0.1) is 0 Å². The van der Waals surface area contributed by atoms with Crippen LogP contribution in [0.1, 0.15) is 22.9 Å². The third kappa shape index (κ3) is 5.79. The lowest BCUT2D eigenvalue weighted by atomic mass is 10.2. The number of ether oxygens (including phenoxy) is 2. The highest BCUT2D eigenvalue weighted by atomic mass is 35.5. The second kappa shape index (κ2) is 10.4. The number of benzene rings is 2. The molecule has 0 saturated heterocycles. The zero-order chi connectivity index (χ0) is 19.9. The van der Waals surface area contributed by atoms with Gasteiger partial charge in [-0.05, 0) is 47.7 Å². The Labute approximate surface area is 184 Å². The van der Waals surface area contributed by atoms with Gasteiger partial charge in [0.05, 0.1) is 16.7 Å². The molecule has 2 aromatic carbocycles. The minimum absolute atomic E-state index is 0.337. The molecule has 0 saturated carbocycles. The Balaban J connectivity index is 1.69. The van der Waals surface area contributed by atoms with Crippen LogP contribution >= 0.6 is 46.1 Å². The van der Waals surface area contributed by atoms with E-state index in [1.165, 1.54) is 4.88 Å². The van der Waals surface area contributed by atoms with E-state index in [-0.39, 0.29) is 0 Å². The SMILES string of the molecule is CCOc1cc(CNCc2cccs2)c(Cl)cc1OCc1ccc(Cl)c(Cl)c1. The van der Waals surface area contributed by atoms with Gasteiger partial charge >= 0.3 is 0 Å². The lowest BCUT2D eigenvalue weighted by Gasteiger charge is -2.15. The van der Waals surface area contributed by atoms with E-state index < -0.39 is 0 Å². The molecule has 148 valence electrons. The first-order valence-corrected chi connectivity index (χ1v) is 10.8. The Hall–Kier alpha value is -1.43. The molecule has 0 amide bonds. The van der Waals surface area contributed by atoms with Gasteiger partial charge in [0.15, 0.2) is 11.5 Å². The molecule has 1 aromatic heterocycles. The highest BCUT2D eigenvalue weighted by Crippen LogP contribution is 2.34. The molecule has 0 unspecified atom stereocenters. The first-order chi connectivity index (χ1) is 13.6. The predicted molar refractivity (Wildman–Crippen MR) is 118 cm³/mol. The molecule has 0 aliphatic heterocycles. The molecule has 28 heavy (non-hydrogen) atoms. The van der Waals surface area contributed by atoms with Gasteiger partial charge in [0.1, 0.15) is 6.61 Å². The Morgan fingerprint density at radius 3 is 2.43 bits per heavy atom. The van der Waals surface area contributed by atoms with Gasteiger partial charge in [-0.15, -0.1) is 11.3 Å². The average Bonchev–Trinajstić information content (AvgIpc) is 3.19. The average molecular weight is 457 g/mol. The van der Waals surface area contributed by atoms with E-state index in [9.17, 15) is 0 Å². The summed E-state index contributed by atoms with van der Waals surface area (Å²) in [5.41, 5.74) is 1.87. The van der Waals surface area contributed by atoms with E-state index in [0.29, 0.717) is 46.3 Å². The molecule has 1 N–H and O–H groups in total. The van der Waals surface area contributed by atoms with E-state index >= 15 is 0 Å². The fourth-order valence-corrected chi connectivity index (χ4v) is 3.83. The van der Waals surface area contributed by atoms with Gasteiger partial charge in [-0.1, -0.05) is 46.9 Å². The third-order valence-corrected chi connectivity index (χ3v) is 5.95. The van der Waals surface area contributed by atoms with Gasteiger partial charge in [0, 0.05) is 29.1 Å². The number of hydrogen-bond donors (Lipinski definition) is 1. The lowest BCUT2D eigenvalue weighted by Crippen LogP contribution is -2.12. The highest BCUT2D eigenvalue weighted by Gasteiger charge is 2.12. The monoisotopic (exact) mass is 455 g/mol. The van der Waals surface area contributed by atoms with Crippen molar-refractivity contribution in [1.29, 1.82) is 0 Å². The Kier molecular flexibility index (Phi) is 7.89. The van der Waals surface area contributed by atoms with Crippen LogP contribution in [-0.4, -0.2) is 6.61 Å². The maximum Gasteiger partial charge on any atom is 0.163 e. The molecule has 0 radical (unpaired) electrons. The van der Waals surface area contributed by atoms with E-state index in [1.807, 2.05) is 25.1 Å². The van der Waals surface area contributed by atoms with Crippen LogP contribution < -0.4 is 14.8 Å². The molecular weight excluding hydrogens is 437 g/mol. The summed E-state index contributed by atoms with van der Waals surface area (Å²) in [6, 6.07) is 13.3. The molecule has 1 heterocycles. The molecule has 0 aliphatic rings. The minimum atomic E-state index is 0.337. The number of thiophene rings is 1. The van der Waals surface area contributed by atoms with Crippen LogP contribution in [0.5, 0.6) is 11.5 Å². The fraction of sp³-hybridized carbons (Fsp3) is 0.238. The smallest absolute Gasteiger partial charge is 0.163 e. The second-order valence-electron chi connectivity index (χ2n) is 6.04. The zero-order valence-corrected chi connectivity index (χ0v) is 18.4. The predicted octanol–water partition coefficient (Wildman–Crippen LogP) is 6.98. The molecule has 3 nitrogen and oxygen atoms in total. The standard InChI is InChI=1S/C21H20Cl3NO2S/c1-2-26-20-9-15(11-25-12-16-4-3-7-28-16)18(23)10-21(20)27-13-14-5-6-17(22)19(24)8-14/h3-10,25H,2,11-13H2,1H3. The maximum absolute atomic E-state index is 6.48. The normalized spacial score (nSPS) is 10.9. The molecular formula is C21H20Cl3NO2S. The fourth-order valence-electron chi connectivity index (χ4n) is 2.62. The third-order valence-electron chi connectivity index (χ3n) is 3.99. The van der Waals surface area contributed by atoms with Gasteiger partial charge in [-0.3, -0.25) is 0 Å². The Morgan fingerprint density at radius 2 is 1.71 bits per heavy atom. The summed E-state index contributed by atoms with van der Waals surface area (Å²) in [7, 11) is 0. The molecule has 0 aliphatic carbocycles. The summed E-state index contributed by atoms with van der Waals surface area (Å²) in [5.74, 6) is 1.26. The summed E-state index contributed by atoms with van der Waals surface area (Å²) in [6.07, 6.45) is 0. The summed E-state index contributed by atoms with van der Waals surface area (Å²) in [5, 5.41) is 7.12. The molecule has 0 atom stereocenters. The number of halogens is 3. The lowest BCUT2D eigenvalue weighted by molar-refractivity contribution is 0.269. The number of nitrogens with one attached hydrogen (secondary N) is 1. The first kappa shape index (κ1) is 21.3. The van der Waals surface area contributed by atoms with E-state index in [2.05, 4.69) is 16.8 Å². The van der Waals surface area contributed by atoms with E-state index in [0.717, 1.165) is 17.7 Å². The van der Waals surface area contributed by atoms with Gasteiger partial charge < -0.3 is 14.8 Å². The Bertz CT molecular complexity index is 916. The molecule has 0 fully saturated rings. The van der Waals surface area contributed by atoms with Crippen molar-refractivity contribution in [2.75, 3.05) is 6.61 Å². The van der Waals surface area contributed by atoms with Crippen molar-refractivity contribution in [2.24, 2.45) is 0 Å². The van der Waals surface area contributed by atoms with Gasteiger partial charge in [0.2, 0.25) is 0 Å². The van der Waals surface area contributed by atoms with Gasteiger partial charge in [-0.2, -0.15) is 0 Å². The largest absolute Gasteiger partial charge is 0.490 e. The van der Waals surface area contributed by atoms with Crippen LogP contribution in [-0.2, 0) is 19.7 Å². The van der Waals surface area contributed by atoms with Crippen LogP contribution in [0.3, 0.4) is 0 Å². The van der Waals surface area contributed by atoms with Crippen molar-refractivity contribution >= 4 is 46.1 Å². The zero-order valence-electron chi connectivity index (χ0n) is 15.3. The van der Waals surface area contributed by atoms with Crippen LogP contribution in [0.2, 0.25) is 15.1 Å². The quantitative estimate of drug-likeness (QED) is 0.377. The van der Waals surface area contributed by atoms with Crippen molar-refractivity contribution in [3.63, 3.8) is 0 Å². The second-order valence-corrected chi connectivity index (χ2v) is 8.30. The summed E-state index contributed by atoms with van der Waals surface area (Å²) in [4.78, 5) is 1.28. The van der Waals surface area contributed by atoms with Crippen molar-refractivity contribution in [1.82, 2.24) is 5.32 Å². The first-order valence-electron chi connectivity index (χ1n) is 8.82. The Morgan fingerprint density at radius 1 is 0.893 bits per heavy atom. The van der Waals surface area contributed by atoms with Gasteiger partial charge in [0.25, 0.3) is 0 Å². The molecule has 0 bridgehead atoms. The van der Waals surface area contributed by atoms with E-state index in [4.69, 9.17) is 44.3 Å².